The molecular weight excluding hydrogens is 472 g/mol. The lowest BCUT2D eigenvalue weighted by molar-refractivity contribution is -0.140. The molecule has 0 amide bonds. The van der Waals surface area contributed by atoms with Crippen LogP contribution in [0.25, 0.3) is 0 Å². The number of carbonyl (C=O) groups is 2. The van der Waals surface area contributed by atoms with Crippen LogP contribution in [0.5, 0.6) is 0 Å². The van der Waals surface area contributed by atoms with Gasteiger partial charge in [-0.25, -0.2) is 9.59 Å². The third-order valence-electron chi connectivity index (χ3n) is 7.34. The minimum absolute atomic E-state index is 0.425. The van der Waals surface area contributed by atoms with Crippen molar-refractivity contribution in [2.75, 3.05) is 13.2 Å². The maximum Gasteiger partial charge on any atom is 0.331 e. The van der Waals surface area contributed by atoms with E-state index in [1.54, 1.807) is 0 Å². The lowest BCUT2D eigenvalue weighted by atomic mass is 10.0. The lowest BCUT2D eigenvalue weighted by Gasteiger charge is -2.04. The molecule has 0 saturated heterocycles. The normalized spacial score (nSPS) is 11.3. The summed E-state index contributed by atoms with van der Waals surface area (Å²) in [5.74, 6) is -0.915. The summed E-state index contributed by atoms with van der Waals surface area (Å²) in [5.41, 5.74) is 0. The first-order chi connectivity index (χ1) is 18.7. The van der Waals surface area contributed by atoms with Crippen LogP contribution in [0.15, 0.2) is 12.2 Å². The Morgan fingerprint density at radius 1 is 0.368 bits per heavy atom. The zero-order valence-corrected chi connectivity index (χ0v) is 25.6. The fourth-order valence-electron chi connectivity index (χ4n) is 4.82. The van der Waals surface area contributed by atoms with Gasteiger partial charge in [-0.15, -0.1) is 0 Å². The molecule has 0 N–H and O–H groups in total. The van der Waals surface area contributed by atoms with Crippen LogP contribution < -0.4 is 0 Å². The van der Waals surface area contributed by atoms with Crippen molar-refractivity contribution in [3.63, 3.8) is 0 Å². The van der Waals surface area contributed by atoms with Gasteiger partial charge in [-0.05, 0) is 12.8 Å². The summed E-state index contributed by atoms with van der Waals surface area (Å²) in [7, 11) is 0. The third kappa shape index (κ3) is 30.9. The third-order valence-corrected chi connectivity index (χ3v) is 7.34. The number of esters is 2. The molecule has 0 bridgehead atoms. The van der Waals surface area contributed by atoms with E-state index < -0.39 is 11.9 Å². The second kappa shape index (κ2) is 31.9. The van der Waals surface area contributed by atoms with Crippen molar-refractivity contribution in [1.82, 2.24) is 0 Å². The lowest BCUT2D eigenvalue weighted by Crippen LogP contribution is -2.06. The van der Waals surface area contributed by atoms with Crippen LogP contribution in [0.4, 0.5) is 0 Å². The van der Waals surface area contributed by atoms with Crippen molar-refractivity contribution in [3.05, 3.63) is 12.2 Å². The quantitative estimate of drug-likeness (QED) is 0.0520. The number of hydrogen-bond donors (Lipinski definition) is 0. The molecule has 4 heteroatoms. The highest BCUT2D eigenvalue weighted by molar-refractivity contribution is 5.91. The van der Waals surface area contributed by atoms with E-state index in [1.165, 1.54) is 153 Å². The number of ether oxygens (including phenoxy) is 2. The Bertz CT molecular complexity index is 529. The molecule has 0 atom stereocenters. The summed E-state index contributed by atoms with van der Waals surface area (Å²) in [5, 5.41) is 0. The molecule has 0 heterocycles. The molecule has 4 nitrogen and oxygen atoms in total. The zero-order chi connectivity index (χ0) is 27.8. The average Bonchev–Trinajstić information content (AvgIpc) is 2.92. The van der Waals surface area contributed by atoms with Crippen LogP contribution in [0, 0.1) is 0 Å². The van der Waals surface area contributed by atoms with E-state index in [9.17, 15) is 9.59 Å². The highest BCUT2D eigenvalue weighted by Crippen LogP contribution is 2.14. The molecule has 0 fully saturated rings. The van der Waals surface area contributed by atoms with E-state index in [4.69, 9.17) is 9.47 Å². The molecule has 0 rings (SSSR count). The smallest absolute Gasteiger partial charge is 0.331 e. The predicted octanol–water partition coefficient (Wildman–Crippen LogP) is 10.8. The molecule has 224 valence electrons. The van der Waals surface area contributed by atoms with Gasteiger partial charge in [0.05, 0.1) is 13.2 Å². The standard InChI is InChI=1S/C34H64O4/c1-3-5-7-9-11-13-15-16-17-18-19-20-22-24-26-28-32-38-34(36)30-29-33(35)37-31-27-25-23-21-14-12-10-8-6-4-2/h29-30H,3-28,31-32H2,1-2H3/b30-29-. The van der Waals surface area contributed by atoms with Gasteiger partial charge in [-0.3, -0.25) is 0 Å². The van der Waals surface area contributed by atoms with Crippen LogP contribution in [0.1, 0.15) is 181 Å². The topological polar surface area (TPSA) is 52.6 Å². The maximum absolute atomic E-state index is 11.8. The van der Waals surface area contributed by atoms with E-state index in [1.807, 2.05) is 0 Å². The number of rotatable bonds is 30. The van der Waals surface area contributed by atoms with Crippen molar-refractivity contribution in [2.45, 2.75) is 181 Å². The molecule has 0 spiro atoms. The van der Waals surface area contributed by atoms with Crippen LogP contribution in [0.2, 0.25) is 0 Å². The minimum Gasteiger partial charge on any atom is -0.463 e. The van der Waals surface area contributed by atoms with Gasteiger partial charge in [0, 0.05) is 12.2 Å². The Kier molecular flexibility index (Phi) is 30.8. The summed E-state index contributed by atoms with van der Waals surface area (Å²) >= 11 is 0. The van der Waals surface area contributed by atoms with Gasteiger partial charge in [-0.2, -0.15) is 0 Å². The summed E-state index contributed by atoms with van der Waals surface area (Å²) < 4.78 is 10.4. The Morgan fingerprint density at radius 3 is 0.816 bits per heavy atom. The molecule has 0 saturated carbocycles. The van der Waals surface area contributed by atoms with E-state index in [0.717, 1.165) is 25.7 Å². The fourth-order valence-corrected chi connectivity index (χ4v) is 4.82. The maximum atomic E-state index is 11.8. The van der Waals surface area contributed by atoms with Crippen LogP contribution >= 0.6 is 0 Å². The van der Waals surface area contributed by atoms with Crippen molar-refractivity contribution in [1.29, 1.82) is 0 Å². The fraction of sp³-hybridized carbons (Fsp3) is 0.882. The van der Waals surface area contributed by atoms with Gasteiger partial charge in [-0.1, -0.05) is 168 Å². The summed E-state index contributed by atoms with van der Waals surface area (Å²) in [6.07, 6.45) is 36.0. The van der Waals surface area contributed by atoms with E-state index in [2.05, 4.69) is 13.8 Å². The minimum atomic E-state index is -0.458. The Balaban J connectivity index is 3.34. The Morgan fingerprint density at radius 2 is 0.579 bits per heavy atom. The van der Waals surface area contributed by atoms with Crippen LogP contribution in [-0.2, 0) is 19.1 Å². The highest BCUT2D eigenvalue weighted by atomic mass is 16.5. The monoisotopic (exact) mass is 536 g/mol. The largest absolute Gasteiger partial charge is 0.463 e. The number of unbranched alkanes of at least 4 members (excludes halogenated alkanes) is 24. The first-order valence-corrected chi connectivity index (χ1v) is 16.7. The molecule has 38 heavy (non-hydrogen) atoms. The van der Waals surface area contributed by atoms with E-state index in [-0.39, 0.29) is 0 Å². The van der Waals surface area contributed by atoms with Crippen molar-refractivity contribution >= 4 is 11.9 Å². The molecule has 0 aliphatic carbocycles. The molecule has 0 aromatic carbocycles. The summed E-state index contributed by atoms with van der Waals surface area (Å²) in [4.78, 5) is 23.5. The highest BCUT2D eigenvalue weighted by Gasteiger charge is 2.02. The molecule has 0 unspecified atom stereocenters. The van der Waals surface area contributed by atoms with Gasteiger partial charge in [0.2, 0.25) is 0 Å². The second-order valence-electron chi connectivity index (χ2n) is 11.2. The number of carbonyl (C=O) groups excluding carboxylic acids is 2. The zero-order valence-electron chi connectivity index (χ0n) is 25.6. The summed E-state index contributed by atoms with van der Waals surface area (Å²) in [6, 6.07) is 0. The second-order valence-corrected chi connectivity index (χ2v) is 11.2. The molecular formula is C34H64O4. The SMILES string of the molecule is CCCCCCCCCCCCCCCCCCOC(=O)/C=C\C(=O)OCCCCCCCCCCCC. The van der Waals surface area contributed by atoms with Gasteiger partial charge in [0.25, 0.3) is 0 Å². The van der Waals surface area contributed by atoms with Crippen LogP contribution in [0.3, 0.4) is 0 Å². The van der Waals surface area contributed by atoms with Crippen molar-refractivity contribution < 1.29 is 19.1 Å². The Labute approximate surface area is 237 Å². The first-order valence-electron chi connectivity index (χ1n) is 16.7. The molecule has 0 aliphatic heterocycles. The van der Waals surface area contributed by atoms with Gasteiger partial charge >= 0.3 is 11.9 Å². The first kappa shape index (κ1) is 36.7. The van der Waals surface area contributed by atoms with Crippen molar-refractivity contribution in [3.8, 4) is 0 Å². The average molecular weight is 537 g/mol. The van der Waals surface area contributed by atoms with E-state index >= 15 is 0 Å². The predicted molar refractivity (Wildman–Crippen MR) is 162 cm³/mol. The molecule has 0 aromatic rings. The van der Waals surface area contributed by atoms with E-state index in [0.29, 0.717) is 13.2 Å². The Hall–Kier alpha value is -1.32. The van der Waals surface area contributed by atoms with Gasteiger partial charge < -0.3 is 9.47 Å². The van der Waals surface area contributed by atoms with Gasteiger partial charge in [0.1, 0.15) is 0 Å². The molecule has 0 aliphatic rings. The molecule has 0 aromatic heterocycles. The van der Waals surface area contributed by atoms with Crippen molar-refractivity contribution in [2.24, 2.45) is 0 Å². The molecule has 0 radical (unpaired) electrons. The summed E-state index contributed by atoms with van der Waals surface area (Å²) in [6.45, 7) is 5.37. The number of hydrogen-bond acceptors (Lipinski definition) is 4. The van der Waals surface area contributed by atoms with Gasteiger partial charge in [0.15, 0.2) is 0 Å². The van der Waals surface area contributed by atoms with Crippen LogP contribution in [-0.4, -0.2) is 25.2 Å².